The van der Waals surface area contributed by atoms with Gasteiger partial charge in [-0.2, -0.15) is 4.98 Å². The second-order valence-electron chi connectivity index (χ2n) is 7.60. The first kappa shape index (κ1) is 24.9. The Kier molecular flexibility index (Phi) is 7.25. The number of anilines is 3. The summed E-state index contributed by atoms with van der Waals surface area (Å²) in [4.78, 5) is 8.00. The van der Waals surface area contributed by atoms with Crippen molar-refractivity contribution in [1.82, 2.24) is 19.4 Å². The molecule has 2 heterocycles. The van der Waals surface area contributed by atoms with E-state index in [9.17, 15) is 25.6 Å². The number of fused-ring (bicyclic) bond motifs is 4. The lowest BCUT2D eigenvalue weighted by atomic mass is 10.2. The smallest absolute Gasteiger partial charge is 0.243 e. The fourth-order valence-electron chi connectivity index (χ4n) is 3.35. The van der Waals surface area contributed by atoms with Crippen LogP contribution in [0.2, 0.25) is 0 Å². The van der Waals surface area contributed by atoms with E-state index in [1.54, 1.807) is 12.1 Å². The van der Waals surface area contributed by atoms with Gasteiger partial charge in [0.05, 0.1) is 4.90 Å². The standard InChI is InChI=1S/C21H22F2N6O4S2/c22-17-6-2-7-18(19(17)23)35(32,33)27-11-8-14-13-25-21-28-15-4-1-5-16(12-15)34(30,31)26-10-3-9-24-20(14)29-21/h1-2,4-7,12-13,26-27H,3,8-11H2,(H2,24,25,28,29). The van der Waals surface area contributed by atoms with Crippen LogP contribution in [0.15, 0.2) is 58.5 Å². The Morgan fingerprint density at radius 1 is 1.09 bits per heavy atom. The quantitative estimate of drug-likeness (QED) is 0.398. The third kappa shape index (κ3) is 5.90. The van der Waals surface area contributed by atoms with Crippen LogP contribution < -0.4 is 20.1 Å². The summed E-state index contributed by atoms with van der Waals surface area (Å²) in [6, 6.07) is 9.14. The number of hydrogen-bond donors (Lipinski definition) is 4. The molecule has 0 atom stereocenters. The fraction of sp³-hybridized carbons (Fsp3) is 0.238. The van der Waals surface area contributed by atoms with Crippen LogP contribution in [-0.2, 0) is 26.5 Å². The highest BCUT2D eigenvalue weighted by atomic mass is 32.2. The summed E-state index contributed by atoms with van der Waals surface area (Å²) in [5.74, 6) is -2.07. The van der Waals surface area contributed by atoms with E-state index < -0.39 is 36.6 Å². The molecular formula is C21H22F2N6O4S2. The van der Waals surface area contributed by atoms with Gasteiger partial charge in [-0.3, -0.25) is 0 Å². The minimum atomic E-state index is -4.28. The number of nitrogens with one attached hydrogen (secondary N) is 4. The van der Waals surface area contributed by atoms with Crippen molar-refractivity contribution in [3.8, 4) is 0 Å². The van der Waals surface area contributed by atoms with Crippen molar-refractivity contribution in [1.29, 1.82) is 0 Å². The lowest BCUT2D eigenvalue weighted by molar-refractivity contribution is 0.483. The van der Waals surface area contributed by atoms with Crippen LogP contribution in [0.1, 0.15) is 12.0 Å². The van der Waals surface area contributed by atoms with Crippen LogP contribution >= 0.6 is 0 Å². The van der Waals surface area contributed by atoms with Crippen LogP contribution in [0, 0.1) is 11.6 Å². The average Bonchev–Trinajstić information content (AvgIpc) is 2.81. The highest BCUT2D eigenvalue weighted by Gasteiger charge is 2.21. The highest BCUT2D eigenvalue weighted by molar-refractivity contribution is 7.89. The molecule has 0 aliphatic carbocycles. The maximum atomic E-state index is 13.9. The van der Waals surface area contributed by atoms with Gasteiger partial charge in [0.25, 0.3) is 0 Å². The Morgan fingerprint density at radius 3 is 2.71 bits per heavy atom. The maximum absolute atomic E-state index is 13.9. The minimum Gasteiger partial charge on any atom is -0.370 e. The van der Waals surface area contributed by atoms with Crippen molar-refractivity contribution in [3.63, 3.8) is 0 Å². The van der Waals surface area contributed by atoms with Gasteiger partial charge in [-0.05, 0) is 43.2 Å². The number of nitrogens with zero attached hydrogens (tertiary/aromatic N) is 2. The minimum absolute atomic E-state index is 0.105. The molecule has 0 spiro atoms. The Morgan fingerprint density at radius 2 is 1.89 bits per heavy atom. The molecule has 3 aromatic rings. The highest BCUT2D eigenvalue weighted by Crippen LogP contribution is 2.22. The first-order valence-corrected chi connectivity index (χ1v) is 13.5. The SMILES string of the molecule is O=S1(=O)NCCCNc2nc(ncc2CCNS(=O)(=O)c2cccc(F)c2F)Nc2cccc1c2. The Bertz CT molecular complexity index is 1450. The molecular weight excluding hydrogens is 502 g/mol. The summed E-state index contributed by atoms with van der Waals surface area (Å²) in [6.07, 6.45) is 2.12. The molecule has 0 saturated carbocycles. The van der Waals surface area contributed by atoms with Gasteiger partial charge in [0.2, 0.25) is 26.0 Å². The molecule has 4 rings (SSSR count). The van der Waals surface area contributed by atoms with Crippen molar-refractivity contribution in [2.45, 2.75) is 22.6 Å². The van der Waals surface area contributed by atoms with Gasteiger partial charge in [-0.1, -0.05) is 12.1 Å². The van der Waals surface area contributed by atoms with Gasteiger partial charge in [-0.25, -0.2) is 40.0 Å². The maximum Gasteiger partial charge on any atom is 0.243 e. The largest absolute Gasteiger partial charge is 0.370 e. The van der Waals surface area contributed by atoms with Gasteiger partial charge in [-0.15, -0.1) is 0 Å². The third-order valence-electron chi connectivity index (χ3n) is 5.10. The van der Waals surface area contributed by atoms with Crippen molar-refractivity contribution < 1.29 is 25.6 Å². The zero-order chi connectivity index (χ0) is 25.1. The molecule has 1 aliphatic rings. The average molecular weight is 525 g/mol. The number of aromatic nitrogens is 2. The van der Waals surface area contributed by atoms with Crippen LogP contribution in [0.5, 0.6) is 0 Å². The summed E-state index contributed by atoms with van der Waals surface area (Å²) in [5, 5.41) is 6.07. The fourth-order valence-corrected chi connectivity index (χ4v) is 5.58. The number of benzene rings is 2. The van der Waals surface area contributed by atoms with E-state index in [2.05, 4.69) is 30.0 Å². The third-order valence-corrected chi connectivity index (χ3v) is 8.03. The Labute approximate surface area is 201 Å². The van der Waals surface area contributed by atoms with Crippen molar-refractivity contribution >= 4 is 37.5 Å². The van der Waals surface area contributed by atoms with Crippen molar-refractivity contribution in [2.24, 2.45) is 0 Å². The molecule has 2 aromatic carbocycles. The molecule has 14 heteroatoms. The van der Waals surface area contributed by atoms with E-state index >= 15 is 0 Å². The molecule has 4 N–H and O–H groups in total. The lowest BCUT2D eigenvalue weighted by Crippen LogP contribution is -2.27. The van der Waals surface area contributed by atoms with Crippen LogP contribution in [0.4, 0.5) is 26.2 Å². The zero-order valence-electron chi connectivity index (χ0n) is 18.3. The zero-order valence-corrected chi connectivity index (χ0v) is 19.9. The van der Waals surface area contributed by atoms with Gasteiger partial charge >= 0.3 is 0 Å². The molecule has 0 unspecified atom stereocenters. The lowest BCUT2D eigenvalue weighted by Gasteiger charge is -2.13. The molecule has 0 saturated heterocycles. The number of hydrogen-bond acceptors (Lipinski definition) is 8. The van der Waals surface area contributed by atoms with E-state index in [0.717, 1.165) is 18.2 Å². The second kappa shape index (κ2) is 10.2. The molecule has 1 aromatic heterocycles. The normalized spacial score (nSPS) is 15.6. The second-order valence-corrected chi connectivity index (χ2v) is 11.1. The predicted molar refractivity (Wildman–Crippen MR) is 125 cm³/mol. The van der Waals surface area contributed by atoms with E-state index in [0.29, 0.717) is 30.0 Å². The van der Waals surface area contributed by atoms with Crippen LogP contribution in [-0.4, -0.2) is 46.4 Å². The molecule has 1 aliphatic heterocycles. The summed E-state index contributed by atoms with van der Waals surface area (Å²) in [5.41, 5.74) is 1.04. The van der Waals surface area contributed by atoms with Gasteiger partial charge < -0.3 is 10.6 Å². The first-order chi connectivity index (χ1) is 16.7. The molecule has 0 radical (unpaired) electrons. The van der Waals surface area contributed by atoms with Crippen molar-refractivity contribution in [3.05, 3.63) is 65.9 Å². The van der Waals surface area contributed by atoms with E-state index in [-0.39, 0.29) is 30.4 Å². The Hall–Kier alpha value is -3.20. The van der Waals surface area contributed by atoms with E-state index in [1.807, 2.05) is 0 Å². The molecule has 4 bridgehead atoms. The van der Waals surface area contributed by atoms with Crippen LogP contribution in [0.25, 0.3) is 0 Å². The summed E-state index contributed by atoms with van der Waals surface area (Å²) < 4.78 is 81.9. The molecule has 186 valence electrons. The molecule has 0 fully saturated rings. The monoisotopic (exact) mass is 524 g/mol. The van der Waals surface area contributed by atoms with Gasteiger partial charge in [0.1, 0.15) is 10.7 Å². The number of rotatable bonds is 5. The van der Waals surface area contributed by atoms with E-state index in [1.165, 1.54) is 18.3 Å². The van der Waals surface area contributed by atoms with Gasteiger partial charge in [0.15, 0.2) is 11.6 Å². The van der Waals surface area contributed by atoms with Crippen LogP contribution in [0.3, 0.4) is 0 Å². The summed E-state index contributed by atoms with van der Waals surface area (Å²) >= 11 is 0. The predicted octanol–water partition coefficient (Wildman–Crippen LogP) is 2.11. The molecule has 0 amide bonds. The number of sulfonamides is 2. The number of halogens is 2. The molecule has 10 nitrogen and oxygen atoms in total. The Balaban J connectivity index is 1.52. The topological polar surface area (TPSA) is 142 Å². The van der Waals surface area contributed by atoms with E-state index in [4.69, 9.17) is 0 Å². The van der Waals surface area contributed by atoms with Gasteiger partial charge in [0, 0.05) is 37.1 Å². The summed E-state index contributed by atoms with van der Waals surface area (Å²) in [7, 11) is -7.95. The first-order valence-electron chi connectivity index (χ1n) is 10.6. The van der Waals surface area contributed by atoms with Crippen molar-refractivity contribution in [2.75, 3.05) is 30.3 Å². The summed E-state index contributed by atoms with van der Waals surface area (Å²) in [6.45, 7) is 0.452. The molecule has 35 heavy (non-hydrogen) atoms.